The standard InChI is InChI=1S/C53H76Si2/c1-32(2)41-26-45(35(7)8)51(46(27-41)36(9)10)54(44-22-20-19-21-23-44)24-25-55(52-47(37(11)12)28-42(33(3)4)29-48(52)38(13)14)53-49(39(15)16)30-43(34(5)6)31-50(53)40(17)18/h19-40H,1-18H3/b25-24-. The molecule has 0 saturated heterocycles. The molecule has 4 aromatic carbocycles. The summed E-state index contributed by atoms with van der Waals surface area (Å²) in [4.78, 5) is 0. The zero-order chi connectivity index (χ0) is 41.0. The summed E-state index contributed by atoms with van der Waals surface area (Å²) in [5, 5.41) is 6.40. The number of hydrogen-bond acceptors (Lipinski definition) is 0. The van der Waals surface area contributed by atoms with Gasteiger partial charge in [-0.1, -0.05) is 208 Å². The van der Waals surface area contributed by atoms with Gasteiger partial charge in [-0.05, 0) is 119 Å². The van der Waals surface area contributed by atoms with Crippen molar-refractivity contribution in [2.75, 3.05) is 0 Å². The minimum absolute atomic E-state index is 0.433. The molecule has 0 unspecified atom stereocenters. The van der Waals surface area contributed by atoms with Crippen molar-refractivity contribution in [3.63, 3.8) is 0 Å². The van der Waals surface area contributed by atoms with Gasteiger partial charge in [0.05, 0.1) is 0 Å². The lowest BCUT2D eigenvalue weighted by Crippen LogP contribution is -2.50. The average Bonchev–Trinajstić information content (AvgIpc) is 3.12. The summed E-state index contributed by atoms with van der Waals surface area (Å²) in [5.41, 5.74) is 19.4. The Labute approximate surface area is 342 Å². The van der Waals surface area contributed by atoms with Gasteiger partial charge in [0.2, 0.25) is 0 Å². The summed E-state index contributed by atoms with van der Waals surface area (Å²) in [6.07, 6.45) is 0. The summed E-state index contributed by atoms with van der Waals surface area (Å²) in [7, 11) is -2.76. The molecule has 296 valence electrons. The summed E-state index contributed by atoms with van der Waals surface area (Å²) in [6, 6.07) is 27.1. The maximum atomic E-state index is 2.82. The van der Waals surface area contributed by atoms with E-state index in [0.717, 1.165) is 0 Å². The molecular formula is C53H76Si2. The molecule has 55 heavy (non-hydrogen) atoms. The maximum Gasteiger partial charge on any atom is 0.147 e. The summed E-state index contributed by atoms with van der Waals surface area (Å²) in [6.45, 7) is 43.3. The second kappa shape index (κ2) is 19.0. The van der Waals surface area contributed by atoms with Crippen LogP contribution in [0.25, 0.3) is 0 Å². The van der Waals surface area contributed by atoms with Gasteiger partial charge in [0, 0.05) is 0 Å². The third-order valence-electron chi connectivity index (χ3n) is 11.7. The quantitative estimate of drug-likeness (QED) is 0.106. The minimum atomic E-state index is -1.43. The number of hydrogen-bond donors (Lipinski definition) is 0. The van der Waals surface area contributed by atoms with Gasteiger partial charge in [-0.3, -0.25) is 0 Å². The first-order valence-electron chi connectivity index (χ1n) is 21.8. The predicted molar refractivity (Wildman–Crippen MR) is 252 cm³/mol. The molecular weight excluding hydrogens is 693 g/mol. The molecule has 0 bridgehead atoms. The Morgan fingerprint density at radius 2 is 0.545 bits per heavy atom. The zero-order valence-electron chi connectivity index (χ0n) is 38.2. The largest absolute Gasteiger partial charge is 0.147 e. The van der Waals surface area contributed by atoms with Crippen LogP contribution in [0, 0.1) is 0 Å². The summed E-state index contributed by atoms with van der Waals surface area (Å²) in [5.74, 6) is 4.10. The van der Waals surface area contributed by atoms with E-state index in [4.69, 9.17) is 0 Å². The Kier molecular flexibility index (Phi) is 15.5. The lowest BCUT2D eigenvalue weighted by Gasteiger charge is -2.32. The Bertz CT molecular complexity index is 1740. The lowest BCUT2D eigenvalue weighted by molar-refractivity contribution is 0.809. The lowest BCUT2D eigenvalue weighted by atomic mass is 9.89. The van der Waals surface area contributed by atoms with Crippen LogP contribution in [0.15, 0.2) is 78.1 Å². The van der Waals surface area contributed by atoms with Gasteiger partial charge < -0.3 is 0 Å². The van der Waals surface area contributed by atoms with Crippen LogP contribution in [0.3, 0.4) is 0 Å². The van der Waals surface area contributed by atoms with E-state index in [2.05, 4.69) is 203 Å². The molecule has 4 rings (SSSR count). The van der Waals surface area contributed by atoms with Crippen molar-refractivity contribution in [3.05, 3.63) is 128 Å². The topological polar surface area (TPSA) is 0 Å². The average molecular weight is 769 g/mol. The normalized spacial score (nSPS) is 12.8. The Morgan fingerprint density at radius 1 is 0.309 bits per heavy atom. The van der Waals surface area contributed by atoms with Crippen LogP contribution in [0.1, 0.15) is 228 Å². The molecule has 0 fully saturated rings. The second-order valence-corrected chi connectivity index (χ2v) is 23.5. The van der Waals surface area contributed by atoms with Gasteiger partial charge in [0.15, 0.2) is 0 Å². The molecule has 0 nitrogen and oxygen atoms in total. The van der Waals surface area contributed by atoms with E-state index in [0.29, 0.717) is 53.3 Å². The highest BCUT2D eigenvalue weighted by atomic mass is 28.3. The summed E-state index contributed by atoms with van der Waals surface area (Å²) < 4.78 is 0. The molecule has 2 heteroatoms. The maximum absolute atomic E-state index is 2.82. The molecule has 0 spiro atoms. The molecule has 0 N–H and O–H groups in total. The van der Waals surface area contributed by atoms with Gasteiger partial charge in [-0.2, -0.15) is 0 Å². The Balaban J connectivity index is 2.26. The molecule has 0 amide bonds. The second-order valence-electron chi connectivity index (χ2n) is 19.1. The van der Waals surface area contributed by atoms with Crippen LogP contribution < -0.4 is 20.7 Å². The number of benzene rings is 4. The molecule has 2 radical (unpaired) electrons. The highest BCUT2D eigenvalue weighted by molar-refractivity contribution is 6.94. The zero-order valence-corrected chi connectivity index (χ0v) is 40.2. The molecule has 0 heterocycles. The molecule has 0 aliphatic rings. The van der Waals surface area contributed by atoms with Gasteiger partial charge in [0.1, 0.15) is 17.6 Å². The van der Waals surface area contributed by atoms with Crippen LogP contribution in [-0.4, -0.2) is 17.6 Å². The van der Waals surface area contributed by atoms with E-state index in [-0.39, 0.29) is 0 Å². The first-order chi connectivity index (χ1) is 25.8. The smallest absolute Gasteiger partial charge is 0.0946 e. The van der Waals surface area contributed by atoms with E-state index in [1.54, 1.807) is 48.9 Å². The first-order valence-corrected chi connectivity index (χ1v) is 24.9. The van der Waals surface area contributed by atoms with Gasteiger partial charge in [0.25, 0.3) is 0 Å². The van der Waals surface area contributed by atoms with E-state index in [1.165, 1.54) is 21.9 Å². The van der Waals surface area contributed by atoms with E-state index >= 15 is 0 Å². The van der Waals surface area contributed by atoms with Crippen molar-refractivity contribution in [1.82, 2.24) is 0 Å². The third kappa shape index (κ3) is 10.1. The van der Waals surface area contributed by atoms with Crippen molar-refractivity contribution in [2.24, 2.45) is 0 Å². The van der Waals surface area contributed by atoms with Crippen LogP contribution in [0.2, 0.25) is 0 Å². The van der Waals surface area contributed by atoms with Gasteiger partial charge >= 0.3 is 0 Å². The van der Waals surface area contributed by atoms with Crippen molar-refractivity contribution < 1.29 is 0 Å². The highest BCUT2D eigenvalue weighted by Crippen LogP contribution is 2.32. The number of rotatable bonds is 15. The van der Waals surface area contributed by atoms with E-state index < -0.39 is 17.6 Å². The predicted octanol–water partition coefficient (Wildman–Crippen LogP) is 13.3. The Hall–Kier alpha value is -2.95. The van der Waals surface area contributed by atoms with Gasteiger partial charge in [-0.25, -0.2) is 0 Å². The first kappa shape index (κ1) is 44.8. The molecule has 0 aromatic heterocycles. The molecule has 0 aliphatic carbocycles. The SMILES string of the molecule is CC(C)c1cc(C(C)C)c([Si](/C=C\[Si](c2c(C(C)C)cc(C(C)C)cc2C(C)C)c2c(C(C)C)cc(C(C)C)cc2C(C)C)c2ccccc2)c(C(C)C)c1. The molecule has 0 saturated carbocycles. The van der Waals surface area contributed by atoms with E-state index in [9.17, 15) is 0 Å². The van der Waals surface area contributed by atoms with Crippen LogP contribution in [-0.2, 0) is 0 Å². The van der Waals surface area contributed by atoms with Crippen molar-refractivity contribution in [3.8, 4) is 0 Å². The molecule has 0 aliphatic heterocycles. The van der Waals surface area contributed by atoms with Crippen molar-refractivity contribution in [1.29, 1.82) is 0 Å². The van der Waals surface area contributed by atoms with Gasteiger partial charge in [-0.15, -0.1) is 0 Å². The fourth-order valence-corrected chi connectivity index (χ4v) is 15.3. The Morgan fingerprint density at radius 3 is 0.782 bits per heavy atom. The van der Waals surface area contributed by atoms with E-state index in [1.807, 2.05) is 0 Å². The van der Waals surface area contributed by atoms with Crippen LogP contribution in [0.4, 0.5) is 0 Å². The fourth-order valence-electron chi connectivity index (χ4n) is 8.20. The van der Waals surface area contributed by atoms with Crippen molar-refractivity contribution >= 4 is 38.3 Å². The third-order valence-corrected chi connectivity index (χ3v) is 17.3. The fraction of sp³-hybridized carbons (Fsp3) is 0.509. The monoisotopic (exact) mass is 769 g/mol. The highest BCUT2D eigenvalue weighted by Gasteiger charge is 2.32. The summed E-state index contributed by atoms with van der Waals surface area (Å²) >= 11 is 0. The van der Waals surface area contributed by atoms with Crippen LogP contribution in [0.5, 0.6) is 0 Å². The van der Waals surface area contributed by atoms with Crippen molar-refractivity contribution in [2.45, 2.75) is 178 Å². The molecule has 0 atom stereocenters. The minimum Gasteiger partial charge on any atom is -0.0946 e. The molecule has 4 aromatic rings. The van der Waals surface area contributed by atoms with Crippen LogP contribution >= 0.6 is 0 Å².